The molecule has 0 spiro atoms. The number of cyclic esters (lactones) is 1. The van der Waals surface area contributed by atoms with Gasteiger partial charge in [-0.2, -0.15) is 0 Å². The van der Waals surface area contributed by atoms with E-state index in [2.05, 4.69) is 26.2 Å². The first-order chi connectivity index (χ1) is 11.0. The number of benzene rings is 1. The summed E-state index contributed by atoms with van der Waals surface area (Å²) in [4.78, 5) is 28.1. The molecule has 2 heterocycles. The molecular formula is C16H11BrN2O3S. The first kappa shape index (κ1) is 15.6. The van der Waals surface area contributed by atoms with Crippen LogP contribution >= 0.6 is 27.3 Å². The minimum atomic E-state index is -0.476. The topological polar surface area (TPSA) is 67.8 Å². The Labute approximate surface area is 144 Å². The van der Waals surface area contributed by atoms with E-state index in [4.69, 9.17) is 4.74 Å². The number of thiophene rings is 1. The van der Waals surface area contributed by atoms with Gasteiger partial charge in [-0.3, -0.25) is 4.79 Å². The number of anilines is 1. The van der Waals surface area contributed by atoms with Crippen LogP contribution in [-0.4, -0.2) is 17.8 Å². The number of hydrogen-bond acceptors (Lipinski definition) is 5. The van der Waals surface area contributed by atoms with E-state index in [0.29, 0.717) is 11.3 Å². The Morgan fingerprint density at radius 2 is 2.09 bits per heavy atom. The zero-order valence-electron chi connectivity index (χ0n) is 12.0. The quantitative estimate of drug-likeness (QED) is 0.639. The average molecular weight is 391 g/mol. The van der Waals surface area contributed by atoms with Crippen LogP contribution in [-0.2, 0) is 14.3 Å². The van der Waals surface area contributed by atoms with E-state index >= 15 is 0 Å². The maximum Gasteiger partial charge on any atom is 0.363 e. The summed E-state index contributed by atoms with van der Waals surface area (Å²) in [5, 5.41) is 4.60. The highest BCUT2D eigenvalue weighted by atomic mass is 79.9. The number of rotatable bonds is 3. The second-order valence-electron chi connectivity index (χ2n) is 4.76. The van der Waals surface area contributed by atoms with Gasteiger partial charge in [-0.1, -0.05) is 0 Å². The SMILES string of the molecule is CC(=O)Nc1ccc(C2=N/C(=C\c3cc(Br)cs3)C(=O)O2)cc1. The molecule has 0 radical (unpaired) electrons. The molecule has 116 valence electrons. The fourth-order valence-corrected chi connectivity index (χ4v) is 3.34. The number of hydrogen-bond donors (Lipinski definition) is 1. The van der Waals surface area contributed by atoms with Crippen molar-refractivity contribution in [3.63, 3.8) is 0 Å². The fourth-order valence-electron chi connectivity index (χ4n) is 1.97. The maximum atomic E-state index is 11.9. The Morgan fingerprint density at radius 1 is 1.35 bits per heavy atom. The van der Waals surface area contributed by atoms with Gasteiger partial charge in [0.05, 0.1) is 0 Å². The van der Waals surface area contributed by atoms with Crippen LogP contribution in [0.1, 0.15) is 17.4 Å². The zero-order chi connectivity index (χ0) is 16.4. The van der Waals surface area contributed by atoms with E-state index < -0.39 is 5.97 Å². The largest absolute Gasteiger partial charge is 0.402 e. The van der Waals surface area contributed by atoms with Gasteiger partial charge in [-0.25, -0.2) is 9.79 Å². The summed E-state index contributed by atoms with van der Waals surface area (Å²) in [7, 11) is 0. The number of nitrogens with zero attached hydrogens (tertiary/aromatic N) is 1. The summed E-state index contributed by atoms with van der Waals surface area (Å²) in [6.45, 7) is 1.44. The second kappa shape index (κ2) is 6.47. The van der Waals surface area contributed by atoms with E-state index in [1.165, 1.54) is 18.3 Å². The third-order valence-electron chi connectivity index (χ3n) is 2.94. The van der Waals surface area contributed by atoms with Gasteiger partial charge in [0, 0.05) is 32.9 Å². The van der Waals surface area contributed by atoms with Gasteiger partial charge in [0.2, 0.25) is 11.8 Å². The predicted octanol–water partition coefficient (Wildman–Crippen LogP) is 3.81. The summed E-state index contributed by atoms with van der Waals surface area (Å²) >= 11 is 4.87. The maximum absolute atomic E-state index is 11.9. The number of halogens is 1. The van der Waals surface area contributed by atoms with E-state index in [0.717, 1.165) is 9.35 Å². The number of amides is 1. The third-order valence-corrected chi connectivity index (χ3v) is 4.58. The number of aliphatic imine (C=N–C) groups is 1. The van der Waals surface area contributed by atoms with E-state index in [1.807, 2.05) is 11.4 Å². The Hall–Kier alpha value is -2.25. The molecule has 0 saturated heterocycles. The Kier molecular flexibility index (Phi) is 4.40. The lowest BCUT2D eigenvalue weighted by atomic mass is 10.2. The molecule has 0 bridgehead atoms. The summed E-state index contributed by atoms with van der Waals surface area (Å²) in [6, 6.07) is 8.83. The zero-order valence-corrected chi connectivity index (χ0v) is 14.4. The monoisotopic (exact) mass is 390 g/mol. The molecule has 0 saturated carbocycles. The molecule has 1 aliphatic heterocycles. The third kappa shape index (κ3) is 3.75. The van der Waals surface area contributed by atoms with Gasteiger partial charge in [0.25, 0.3) is 0 Å². The van der Waals surface area contributed by atoms with Gasteiger partial charge in [0.15, 0.2) is 5.70 Å². The molecule has 5 nitrogen and oxygen atoms in total. The van der Waals surface area contributed by atoms with E-state index in [1.54, 1.807) is 30.3 Å². The molecule has 7 heteroatoms. The molecular weight excluding hydrogens is 380 g/mol. The van der Waals surface area contributed by atoms with Crippen molar-refractivity contribution < 1.29 is 14.3 Å². The van der Waals surface area contributed by atoms with E-state index in [9.17, 15) is 9.59 Å². The molecule has 23 heavy (non-hydrogen) atoms. The van der Waals surface area contributed by atoms with Crippen molar-refractivity contribution in [1.29, 1.82) is 0 Å². The van der Waals surface area contributed by atoms with Crippen molar-refractivity contribution >= 4 is 56.8 Å². The van der Waals surface area contributed by atoms with Crippen LogP contribution < -0.4 is 5.32 Å². The molecule has 0 unspecified atom stereocenters. The molecule has 1 N–H and O–H groups in total. The van der Waals surface area contributed by atoms with Crippen LogP contribution in [0.15, 0.2) is 50.9 Å². The molecule has 0 aliphatic carbocycles. The lowest BCUT2D eigenvalue weighted by Gasteiger charge is -2.03. The van der Waals surface area contributed by atoms with Crippen molar-refractivity contribution in [2.24, 2.45) is 4.99 Å². The highest BCUT2D eigenvalue weighted by Gasteiger charge is 2.24. The average Bonchev–Trinajstić information content (AvgIpc) is 3.06. The van der Waals surface area contributed by atoms with Crippen LogP contribution in [0.25, 0.3) is 6.08 Å². The van der Waals surface area contributed by atoms with Crippen molar-refractivity contribution in [3.05, 3.63) is 56.3 Å². The van der Waals surface area contributed by atoms with Crippen LogP contribution in [0.3, 0.4) is 0 Å². The summed E-state index contributed by atoms with van der Waals surface area (Å²) in [5.41, 5.74) is 1.61. The Bertz CT molecular complexity index is 837. The molecule has 0 atom stereocenters. The summed E-state index contributed by atoms with van der Waals surface area (Å²) < 4.78 is 6.17. The molecule has 1 aliphatic rings. The number of esters is 1. The van der Waals surface area contributed by atoms with E-state index in [-0.39, 0.29) is 17.5 Å². The van der Waals surface area contributed by atoms with Gasteiger partial charge < -0.3 is 10.1 Å². The minimum absolute atomic E-state index is 0.144. The number of carbonyl (C=O) groups is 2. The van der Waals surface area contributed by atoms with Crippen molar-refractivity contribution in [2.45, 2.75) is 6.92 Å². The Morgan fingerprint density at radius 3 is 2.70 bits per heavy atom. The lowest BCUT2D eigenvalue weighted by molar-refractivity contribution is -0.129. The van der Waals surface area contributed by atoms with Gasteiger partial charge >= 0.3 is 5.97 Å². The second-order valence-corrected chi connectivity index (χ2v) is 6.62. The molecule has 0 fully saturated rings. The van der Waals surface area contributed by atoms with Crippen LogP contribution in [0, 0.1) is 0 Å². The number of ether oxygens (including phenoxy) is 1. The highest BCUT2D eigenvalue weighted by Crippen LogP contribution is 2.25. The lowest BCUT2D eigenvalue weighted by Crippen LogP contribution is -2.07. The molecule has 1 aromatic carbocycles. The van der Waals surface area contributed by atoms with Crippen LogP contribution in [0.2, 0.25) is 0 Å². The normalized spacial score (nSPS) is 15.5. The van der Waals surface area contributed by atoms with Crippen molar-refractivity contribution in [2.75, 3.05) is 5.32 Å². The van der Waals surface area contributed by atoms with Crippen molar-refractivity contribution in [1.82, 2.24) is 0 Å². The first-order valence-corrected chi connectivity index (χ1v) is 8.33. The van der Waals surface area contributed by atoms with Crippen molar-refractivity contribution in [3.8, 4) is 0 Å². The van der Waals surface area contributed by atoms with Crippen LogP contribution in [0.4, 0.5) is 5.69 Å². The number of carbonyl (C=O) groups excluding carboxylic acids is 2. The molecule has 1 aromatic heterocycles. The number of nitrogens with one attached hydrogen (secondary N) is 1. The minimum Gasteiger partial charge on any atom is -0.402 e. The summed E-state index contributed by atoms with van der Waals surface area (Å²) in [6.07, 6.45) is 1.69. The van der Waals surface area contributed by atoms with Gasteiger partial charge in [-0.15, -0.1) is 11.3 Å². The molecule has 2 aromatic rings. The predicted molar refractivity (Wildman–Crippen MR) is 93.4 cm³/mol. The fraction of sp³-hybridized carbons (Fsp3) is 0.0625. The molecule has 1 amide bonds. The summed E-state index contributed by atoms with van der Waals surface area (Å²) in [5.74, 6) is -0.364. The van der Waals surface area contributed by atoms with Gasteiger partial charge in [-0.05, 0) is 52.3 Å². The standard InChI is InChI=1S/C16H11BrN2O3S/c1-9(20)18-12-4-2-10(3-5-12)15-19-14(16(21)22-15)7-13-6-11(17)8-23-13/h2-8H,1H3,(H,18,20)/b14-7-. The van der Waals surface area contributed by atoms with Crippen LogP contribution in [0.5, 0.6) is 0 Å². The molecule has 3 rings (SSSR count). The highest BCUT2D eigenvalue weighted by molar-refractivity contribution is 9.10. The van der Waals surface area contributed by atoms with Gasteiger partial charge in [0.1, 0.15) is 0 Å². The first-order valence-electron chi connectivity index (χ1n) is 6.66. The smallest absolute Gasteiger partial charge is 0.363 e. The Balaban J connectivity index is 1.83.